The Labute approximate surface area is 116 Å². The fourth-order valence-corrected chi connectivity index (χ4v) is 4.65. The number of fused-ring (bicyclic) bond motifs is 2. The van der Waals surface area contributed by atoms with Gasteiger partial charge in [0, 0.05) is 18.5 Å². The molecule has 3 rings (SSSR count). The third-order valence-electron chi connectivity index (χ3n) is 5.71. The van der Waals surface area contributed by atoms with Gasteiger partial charge in [0.15, 0.2) is 0 Å². The Morgan fingerprint density at radius 1 is 1.32 bits per heavy atom. The molecule has 1 heterocycles. The topological polar surface area (TPSA) is 41.1 Å². The monoisotopic (exact) mass is 264 g/mol. The summed E-state index contributed by atoms with van der Waals surface area (Å²) >= 11 is 0. The van der Waals surface area contributed by atoms with Gasteiger partial charge in [-0.2, -0.15) is 0 Å². The minimum atomic E-state index is 0.268. The fraction of sp³-hybridized carbons (Fsp3) is 0.938. The summed E-state index contributed by atoms with van der Waals surface area (Å²) in [7, 11) is 0. The predicted molar refractivity (Wildman–Crippen MR) is 76.8 cm³/mol. The zero-order chi connectivity index (χ0) is 13.2. The Morgan fingerprint density at radius 2 is 2.21 bits per heavy atom. The van der Waals surface area contributed by atoms with Gasteiger partial charge in [0.1, 0.15) is 0 Å². The number of hydrogen-bond donors (Lipinski definition) is 2. The number of carbonyl (C=O) groups excluding carboxylic acids is 1. The summed E-state index contributed by atoms with van der Waals surface area (Å²) in [4.78, 5) is 12.0. The molecular weight excluding hydrogens is 236 g/mol. The molecule has 1 aliphatic heterocycles. The Hall–Kier alpha value is -0.570. The zero-order valence-electron chi connectivity index (χ0n) is 12.2. The standard InChI is InChI=1S/C16H28N2O/c1-11(15-10-12-4-5-13(15)9-12)18-16(19)7-6-14-3-2-8-17-14/h11-15,17H,2-10H2,1H3,(H,18,19). The van der Waals surface area contributed by atoms with Crippen molar-refractivity contribution in [3.05, 3.63) is 0 Å². The van der Waals surface area contributed by atoms with Crippen molar-refractivity contribution in [2.45, 2.75) is 70.4 Å². The van der Waals surface area contributed by atoms with Gasteiger partial charge in [-0.3, -0.25) is 4.79 Å². The van der Waals surface area contributed by atoms with E-state index in [0.29, 0.717) is 18.5 Å². The summed E-state index contributed by atoms with van der Waals surface area (Å²) in [6, 6.07) is 0.975. The smallest absolute Gasteiger partial charge is 0.220 e. The number of carbonyl (C=O) groups is 1. The summed E-state index contributed by atoms with van der Waals surface area (Å²) < 4.78 is 0. The number of rotatable bonds is 5. The first-order valence-electron chi connectivity index (χ1n) is 8.25. The second-order valence-corrected chi connectivity index (χ2v) is 7.03. The average molecular weight is 264 g/mol. The van der Waals surface area contributed by atoms with Gasteiger partial charge in [-0.15, -0.1) is 0 Å². The second-order valence-electron chi connectivity index (χ2n) is 7.03. The number of nitrogens with one attached hydrogen (secondary N) is 2. The highest BCUT2D eigenvalue weighted by atomic mass is 16.1. The van der Waals surface area contributed by atoms with Gasteiger partial charge in [-0.25, -0.2) is 0 Å². The lowest BCUT2D eigenvalue weighted by Crippen LogP contribution is -2.40. The fourth-order valence-electron chi connectivity index (χ4n) is 4.65. The summed E-state index contributed by atoms with van der Waals surface area (Å²) in [6.45, 7) is 3.35. The van der Waals surface area contributed by atoms with Crippen LogP contribution in [0.1, 0.15) is 58.3 Å². The van der Waals surface area contributed by atoms with Crippen molar-refractivity contribution in [2.75, 3.05) is 6.54 Å². The van der Waals surface area contributed by atoms with E-state index in [-0.39, 0.29) is 5.91 Å². The molecule has 0 aromatic heterocycles. The van der Waals surface area contributed by atoms with Gasteiger partial charge < -0.3 is 10.6 Å². The average Bonchev–Trinajstić information content (AvgIpc) is 3.13. The largest absolute Gasteiger partial charge is 0.353 e. The van der Waals surface area contributed by atoms with Crippen LogP contribution in [-0.4, -0.2) is 24.5 Å². The zero-order valence-corrected chi connectivity index (χ0v) is 12.2. The maximum absolute atomic E-state index is 12.0. The van der Waals surface area contributed by atoms with Crippen LogP contribution >= 0.6 is 0 Å². The van der Waals surface area contributed by atoms with Crippen molar-refractivity contribution < 1.29 is 4.79 Å². The van der Waals surface area contributed by atoms with Crippen molar-refractivity contribution in [1.82, 2.24) is 10.6 Å². The van der Waals surface area contributed by atoms with Crippen molar-refractivity contribution in [3.63, 3.8) is 0 Å². The molecule has 2 aliphatic carbocycles. The van der Waals surface area contributed by atoms with Crippen molar-refractivity contribution in [1.29, 1.82) is 0 Å². The summed E-state index contributed by atoms with van der Waals surface area (Å²) in [5.74, 6) is 2.89. The molecule has 3 nitrogen and oxygen atoms in total. The molecule has 2 bridgehead atoms. The highest BCUT2D eigenvalue weighted by Gasteiger charge is 2.42. The molecule has 0 aromatic carbocycles. The van der Waals surface area contributed by atoms with Crippen LogP contribution in [0.4, 0.5) is 0 Å². The quantitative estimate of drug-likeness (QED) is 0.801. The molecule has 3 fully saturated rings. The first kappa shape index (κ1) is 13.4. The Kier molecular flexibility index (Phi) is 4.11. The van der Waals surface area contributed by atoms with E-state index in [1.54, 1.807) is 0 Å². The highest BCUT2D eigenvalue weighted by molar-refractivity contribution is 5.76. The van der Waals surface area contributed by atoms with Crippen LogP contribution in [0.15, 0.2) is 0 Å². The van der Waals surface area contributed by atoms with E-state index in [4.69, 9.17) is 0 Å². The van der Waals surface area contributed by atoms with Crippen LogP contribution in [-0.2, 0) is 4.79 Å². The summed E-state index contributed by atoms with van der Waals surface area (Å²) in [6.07, 6.45) is 9.85. The molecule has 5 unspecified atom stereocenters. The van der Waals surface area contributed by atoms with Crippen molar-refractivity contribution >= 4 is 5.91 Å². The molecule has 5 atom stereocenters. The van der Waals surface area contributed by atoms with Crippen LogP contribution in [0.5, 0.6) is 0 Å². The van der Waals surface area contributed by atoms with E-state index in [9.17, 15) is 4.79 Å². The Balaban J connectivity index is 1.39. The highest BCUT2D eigenvalue weighted by Crippen LogP contribution is 2.49. The van der Waals surface area contributed by atoms with E-state index < -0.39 is 0 Å². The van der Waals surface area contributed by atoms with Gasteiger partial charge in [-0.05, 0) is 69.7 Å². The maximum atomic E-state index is 12.0. The van der Waals surface area contributed by atoms with Crippen molar-refractivity contribution in [2.24, 2.45) is 17.8 Å². The van der Waals surface area contributed by atoms with E-state index in [1.165, 1.54) is 38.5 Å². The van der Waals surface area contributed by atoms with Gasteiger partial charge >= 0.3 is 0 Å². The molecule has 0 aromatic rings. The van der Waals surface area contributed by atoms with E-state index >= 15 is 0 Å². The van der Waals surface area contributed by atoms with Crippen LogP contribution in [0.25, 0.3) is 0 Å². The van der Waals surface area contributed by atoms with Gasteiger partial charge in [0.05, 0.1) is 0 Å². The normalized spacial score (nSPS) is 38.6. The van der Waals surface area contributed by atoms with Gasteiger partial charge in [0.2, 0.25) is 5.91 Å². The first-order valence-corrected chi connectivity index (χ1v) is 8.25. The van der Waals surface area contributed by atoms with Crippen LogP contribution in [0, 0.1) is 17.8 Å². The lowest BCUT2D eigenvalue weighted by molar-refractivity contribution is -0.122. The molecule has 108 valence electrons. The van der Waals surface area contributed by atoms with E-state index in [1.807, 2.05) is 0 Å². The molecule has 0 radical (unpaired) electrons. The van der Waals surface area contributed by atoms with E-state index in [2.05, 4.69) is 17.6 Å². The lowest BCUT2D eigenvalue weighted by Gasteiger charge is -2.28. The molecular formula is C16H28N2O. The second kappa shape index (κ2) is 5.82. The van der Waals surface area contributed by atoms with E-state index in [0.717, 1.165) is 30.7 Å². The van der Waals surface area contributed by atoms with Crippen LogP contribution < -0.4 is 10.6 Å². The SMILES string of the molecule is CC(NC(=O)CCC1CCCN1)C1CC2CCC1C2. The van der Waals surface area contributed by atoms with Gasteiger partial charge in [0.25, 0.3) is 0 Å². The maximum Gasteiger partial charge on any atom is 0.220 e. The van der Waals surface area contributed by atoms with Crippen molar-refractivity contribution in [3.8, 4) is 0 Å². The Morgan fingerprint density at radius 3 is 2.84 bits per heavy atom. The first-order chi connectivity index (χ1) is 9.22. The molecule has 2 saturated carbocycles. The van der Waals surface area contributed by atoms with Gasteiger partial charge in [-0.1, -0.05) is 6.42 Å². The molecule has 0 spiro atoms. The molecule has 19 heavy (non-hydrogen) atoms. The molecule has 1 amide bonds. The molecule has 1 saturated heterocycles. The number of hydrogen-bond acceptors (Lipinski definition) is 2. The number of amides is 1. The third kappa shape index (κ3) is 3.13. The van der Waals surface area contributed by atoms with Crippen LogP contribution in [0.2, 0.25) is 0 Å². The predicted octanol–water partition coefficient (Wildman–Crippen LogP) is 2.46. The summed E-state index contributed by atoms with van der Waals surface area (Å²) in [5.41, 5.74) is 0. The van der Waals surface area contributed by atoms with Crippen LogP contribution in [0.3, 0.4) is 0 Å². The third-order valence-corrected chi connectivity index (χ3v) is 5.71. The lowest BCUT2D eigenvalue weighted by atomic mass is 9.84. The molecule has 3 aliphatic rings. The Bertz CT molecular complexity index is 325. The minimum Gasteiger partial charge on any atom is -0.353 e. The summed E-state index contributed by atoms with van der Waals surface area (Å²) in [5, 5.41) is 6.73. The molecule has 2 N–H and O–H groups in total. The minimum absolute atomic E-state index is 0.268. The molecule has 3 heteroatoms.